The first-order valence-corrected chi connectivity index (χ1v) is 8.20. The molecule has 0 amide bonds. The predicted octanol–water partition coefficient (Wildman–Crippen LogP) is 3.01. The fourth-order valence-corrected chi connectivity index (χ4v) is 3.14. The quantitative estimate of drug-likeness (QED) is 0.607. The Kier molecular flexibility index (Phi) is 5.26. The van der Waals surface area contributed by atoms with Crippen LogP contribution in [0.5, 0.6) is 5.75 Å². The molecule has 1 aliphatic heterocycles. The zero-order valence-corrected chi connectivity index (χ0v) is 13.6. The lowest BCUT2D eigenvalue weighted by Gasteiger charge is -2.26. The number of nitrogens with zero attached hydrogens (tertiary/aromatic N) is 1. The van der Waals surface area contributed by atoms with Gasteiger partial charge in [-0.1, -0.05) is 18.2 Å². The van der Waals surface area contributed by atoms with E-state index in [1.54, 1.807) is 0 Å². The average molecular weight is 313 g/mol. The van der Waals surface area contributed by atoms with Crippen molar-refractivity contribution < 1.29 is 14.3 Å². The number of carbonyl (C=O) groups excluding carboxylic acids is 1. The lowest BCUT2D eigenvalue weighted by atomic mass is 10.1. The summed E-state index contributed by atoms with van der Waals surface area (Å²) in [5.74, 6) is 0.859. The van der Waals surface area contributed by atoms with Crippen LogP contribution in [-0.4, -0.2) is 50.6 Å². The van der Waals surface area contributed by atoms with Crippen molar-refractivity contribution in [2.75, 3.05) is 39.5 Å². The summed E-state index contributed by atoms with van der Waals surface area (Å²) in [5.41, 5.74) is 3.82. The van der Waals surface area contributed by atoms with Crippen LogP contribution in [0, 0.1) is 6.92 Å². The Morgan fingerprint density at radius 1 is 1.26 bits per heavy atom. The SMILES string of the molecule is Cc1cc(C=O)c2ccccc(OCCCN3CCOCC3)c1-2. The smallest absolute Gasteiger partial charge is 0.150 e. The van der Waals surface area contributed by atoms with Crippen molar-refractivity contribution in [2.45, 2.75) is 13.3 Å². The number of hydrogen-bond donors (Lipinski definition) is 0. The third kappa shape index (κ3) is 3.71. The molecule has 4 nitrogen and oxygen atoms in total. The Labute approximate surface area is 137 Å². The molecule has 23 heavy (non-hydrogen) atoms. The van der Waals surface area contributed by atoms with E-state index < -0.39 is 0 Å². The van der Waals surface area contributed by atoms with Crippen molar-refractivity contribution in [3.05, 3.63) is 41.5 Å². The summed E-state index contributed by atoms with van der Waals surface area (Å²) in [6, 6.07) is 9.81. The van der Waals surface area contributed by atoms with E-state index in [0.717, 1.165) is 73.6 Å². The van der Waals surface area contributed by atoms with Crippen LogP contribution in [0.15, 0.2) is 30.3 Å². The maximum atomic E-state index is 11.2. The second-order valence-corrected chi connectivity index (χ2v) is 5.93. The van der Waals surface area contributed by atoms with Gasteiger partial charge >= 0.3 is 0 Å². The van der Waals surface area contributed by atoms with E-state index in [-0.39, 0.29) is 0 Å². The third-order valence-electron chi connectivity index (χ3n) is 4.32. The minimum atomic E-state index is 0.678. The van der Waals surface area contributed by atoms with Gasteiger partial charge in [0.15, 0.2) is 6.29 Å². The highest BCUT2D eigenvalue weighted by Gasteiger charge is 2.16. The predicted molar refractivity (Wildman–Crippen MR) is 90.6 cm³/mol. The van der Waals surface area contributed by atoms with Gasteiger partial charge in [-0.2, -0.15) is 0 Å². The molecule has 0 N–H and O–H groups in total. The second kappa shape index (κ2) is 7.57. The molecule has 0 atom stereocenters. The summed E-state index contributed by atoms with van der Waals surface area (Å²) in [7, 11) is 0. The summed E-state index contributed by atoms with van der Waals surface area (Å²) in [6.45, 7) is 7.41. The Morgan fingerprint density at radius 3 is 2.83 bits per heavy atom. The van der Waals surface area contributed by atoms with Crippen LogP contribution < -0.4 is 4.74 Å². The fourth-order valence-electron chi connectivity index (χ4n) is 3.14. The first-order valence-electron chi connectivity index (χ1n) is 8.20. The summed E-state index contributed by atoms with van der Waals surface area (Å²) < 4.78 is 11.4. The lowest BCUT2D eigenvalue weighted by molar-refractivity contribution is 0.0358. The lowest BCUT2D eigenvalue weighted by Crippen LogP contribution is -2.37. The minimum Gasteiger partial charge on any atom is -0.493 e. The van der Waals surface area contributed by atoms with Crippen LogP contribution in [0.25, 0.3) is 11.1 Å². The van der Waals surface area contributed by atoms with Crippen molar-refractivity contribution in [2.24, 2.45) is 0 Å². The molecule has 4 heteroatoms. The molecule has 3 rings (SSSR count). The van der Waals surface area contributed by atoms with E-state index >= 15 is 0 Å². The maximum Gasteiger partial charge on any atom is 0.150 e. The standard InChI is InChI=1S/C19H23NO3/c1-15-13-16(14-21)17-5-2-3-6-18(19(15)17)23-10-4-7-20-8-11-22-12-9-20/h2-3,5-6,13-14H,4,7-12H2,1H3. The van der Waals surface area contributed by atoms with E-state index in [4.69, 9.17) is 9.47 Å². The van der Waals surface area contributed by atoms with Crippen LogP contribution in [0.1, 0.15) is 22.3 Å². The van der Waals surface area contributed by atoms with Gasteiger partial charge in [-0.05, 0) is 36.6 Å². The van der Waals surface area contributed by atoms with E-state index in [1.165, 1.54) is 0 Å². The Balaban J connectivity index is 1.64. The van der Waals surface area contributed by atoms with Crippen molar-refractivity contribution in [1.29, 1.82) is 0 Å². The first kappa shape index (κ1) is 16.0. The molecule has 1 heterocycles. The maximum absolute atomic E-state index is 11.2. The van der Waals surface area contributed by atoms with Crippen LogP contribution in [0.3, 0.4) is 0 Å². The molecule has 0 bridgehead atoms. The molecule has 1 fully saturated rings. The zero-order chi connectivity index (χ0) is 16.1. The molecule has 3 aliphatic rings. The molecular formula is C19H23NO3. The van der Waals surface area contributed by atoms with E-state index in [9.17, 15) is 4.79 Å². The monoisotopic (exact) mass is 313 g/mol. The number of rotatable bonds is 6. The molecule has 0 aromatic carbocycles. The normalized spacial score (nSPS) is 15.7. The first-order chi connectivity index (χ1) is 11.3. The van der Waals surface area contributed by atoms with Crippen LogP contribution >= 0.6 is 0 Å². The van der Waals surface area contributed by atoms with Gasteiger partial charge in [0.25, 0.3) is 0 Å². The van der Waals surface area contributed by atoms with Crippen LogP contribution in [-0.2, 0) is 4.74 Å². The van der Waals surface area contributed by atoms with Crippen molar-refractivity contribution in [3.8, 4) is 16.9 Å². The number of fused-ring (bicyclic) bond motifs is 1. The van der Waals surface area contributed by atoms with Gasteiger partial charge in [0, 0.05) is 30.8 Å². The van der Waals surface area contributed by atoms with Crippen molar-refractivity contribution in [3.63, 3.8) is 0 Å². The van der Waals surface area contributed by atoms with Gasteiger partial charge in [-0.15, -0.1) is 0 Å². The Morgan fingerprint density at radius 2 is 2.04 bits per heavy atom. The molecule has 0 radical (unpaired) electrons. The Bertz CT molecular complexity index is 635. The number of hydrogen-bond acceptors (Lipinski definition) is 4. The molecule has 0 aromatic rings. The highest BCUT2D eigenvalue weighted by molar-refractivity contribution is 5.93. The van der Waals surface area contributed by atoms with Gasteiger partial charge in [-0.3, -0.25) is 9.69 Å². The Hall–Kier alpha value is -1.91. The third-order valence-corrected chi connectivity index (χ3v) is 4.32. The van der Waals surface area contributed by atoms with Crippen molar-refractivity contribution in [1.82, 2.24) is 4.90 Å². The van der Waals surface area contributed by atoms with Gasteiger partial charge in [0.1, 0.15) is 5.75 Å². The van der Waals surface area contributed by atoms with Crippen LogP contribution in [0.4, 0.5) is 0 Å². The molecular weight excluding hydrogens is 290 g/mol. The summed E-state index contributed by atoms with van der Waals surface area (Å²) >= 11 is 0. The number of ether oxygens (including phenoxy) is 2. The molecule has 2 aliphatic carbocycles. The van der Waals surface area contributed by atoms with E-state index in [0.29, 0.717) is 6.61 Å². The number of aldehydes is 1. The number of aryl methyl sites for hydroxylation is 1. The summed E-state index contributed by atoms with van der Waals surface area (Å²) in [6.07, 6.45) is 1.90. The number of carbonyl (C=O) groups is 1. The van der Waals surface area contributed by atoms with Crippen molar-refractivity contribution >= 4 is 6.29 Å². The molecule has 1 saturated heterocycles. The second-order valence-electron chi connectivity index (χ2n) is 5.93. The highest BCUT2D eigenvalue weighted by Crippen LogP contribution is 2.37. The molecule has 0 saturated carbocycles. The molecule has 0 aromatic heterocycles. The molecule has 122 valence electrons. The topological polar surface area (TPSA) is 38.8 Å². The average Bonchev–Trinajstić information content (AvgIpc) is 2.76. The summed E-state index contributed by atoms with van der Waals surface area (Å²) in [4.78, 5) is 13.6. The van der Waals surface area contributed by atoms with Gasteiger partial charge in [0.2, 0.25) is 0 Å². The van der Waals surface area contributed by atoms with Gasteiger partial charge in [-0.25, -0.2) is 0 Å². The molecule has 0 spiro atoms. The molecule has 0 unspecified atom stereocenters. The van der Waals surface area contributed by atoms with E-state index in [1.807, 2.05) is 37.3 Å². The summed E-state index contributed by atoms with van der Waals surface area (Å²) in [5, 5.41) is 0. The fraction of sp³-hybridized carbons (Fsp3) is 0.421. The zero-order valence-electron chi connectivity index (χ0n) is 13.6. The van der Waals surface area contributed by atoms with Crippen LogP contribution in [0.2, 0.25) is 0 Å². The largest absolute Gasteiger partial charge is 0.493 e. The van der Waals surface area contributed by atoms with E-state index in [2.05, 4.69) is 4.90 Å². The van der Waals surface area contributed by atoms with Gasteiger partial charge < -0.3 is 9.47 Å². The number of morpholine rings is 1. The van der Waals surface area contributed by atoms with Gasteiger partial charge in [0.05, 0.1) is 19.8 Å². The minimum absolute atomic E-state index is 0.678. The highest BCUT2D eigenvalue weighted by atomic mass is 16.5.